The summed E-state index contributed by atoms with van der Waals surface area (Å²) in [5, 5.41) is 2.01. The van der Waals surface area contributed by atoms with Gasteiger partial charge in [-0.3, -0.25) is 9.59 Å². The fraction of sp³-hybridized carbons (Fsp3) is 0.467. The summed E-state index contributed by atoms with van der Waals surface area (Å²) in [4.78, 5) is 35.3. The molecule has 0 unspecified atom stereocenters. The van der Waals surface area contributed by atoms with Gasteiger partial charge in [-0.05, 0) is 57.8 Å². The summed E-state index contributed by atoms with van der Waals surface area (Å²) < 4.78 is 0. The molecule has 0 saturated heterocycles. The number of carbonyl (C=O) groups excluding carboxylic acids is 2. The molecule has 0 bridgehead atoms. The number of nitrogen functional groups attached to an aromatic ring is 1. The highest BCUT2D eigenvalue weighted by Gasteiger charge is 2.41. The highest BCUT2D eigenvalue weighted by Crippen LogP contribution is 2.44. The number of allylic oxidation sites excluding steroid dienone is 7. The lowest BCUT2D eigenvalue weighted by atomic mass is 9.76. The third kappa shape index (κ3) is 7.31. The number of nitrogens with two attached hydrogens (primary N) is 2. The van der Waals surface area contributed by atoms with Crippen molar-refractivity contribution in [1.82, 2.24) is 9.97 Å². The van der Waals surface area contributed by atoms with Crippen LogP contribution in [0.3, 0.4) is 0 Å². The monoisotopic (exact) mass is 524 g/mol. The predicted octanol–water partition coefficient (Wildman–Crippen LogP) is 6.97. The number of aromatic nitrogens is 2. The van der Waals surface area contributed by atoms with Crippen molar-refractivity contribution >= 4 is 34.7 Å². The fourth-order valence-electron chi connectivity index (χ4n) is 4.11. The van der Waals surface area contributed by atoms with Crippen LogP contribution in [-0.4, -0.2) is 21.5 Å². The van der Waals surface area contributed by atoms with Crippen LogP contribution in [0.1, 0.15) is 91.7 Å². The number of rotatable bonds is 13. The molecule has 0 fully saturated rings. The lowest BCUT2D eigenvalue weighted by molar-refractivity contribution is -0.125. The summed E-state index contributed by atoms with van der Waals surface area (Å²) in [6.45, 7) is 25.2. The first-order valence-corrected chi connectivity index (χ1v) is 13.5. The Morgan fingerprint density at radius 1 is 1.08 bits per heavy atom. The molecular weight excluding hydrogens is 480 g/mol. The Morgan fingerprint density at radius 3 is 2.11 bits per heavy atom. The molecule has 0 aliphatic carbocycles. The maximum atomic E-state index is 13.4. The number of carbonyl (C=O) groups is 2. The van der Waals surface area contributed by atoms with Gasteiger partial charge in [-0.15, -0.1) is 11.8 Å². The van der Waals surface area contributed by atoms with Crippen molar-refractivity contribution in [1.29, 1.82) is 0 Å². The maximum absolute atomic E-state index is 13.4. The Kier molecular flexibility index (Phi) is 11.3. The minimum Gasteiger partial charge on any atom is -0.402 e. The van der Waals surface area contributed by atoms with Gasteiger partial charge in [-0.25, -0.2) is 9.97 Å². The Labute approximate surface area is 227 Å². The second-order valence-electron chi connectivity index (χ2n) is 10.2. The molecule has 0 radical (unpaired) electrons. The molecule has 1 atom stereocenters. The highest BCUT2D eigenvalue weighted by atomic mass is 32.2. The molecule has 7 heteroatoms. The van der Waals surface area contributed by atoms with Crippen molar-refractivity contribution in [3.63, 3.8) is 0 Å². The molecule has 1 aromatic rings. The molecule has 0 aliphatic rings. The second-order valence-corrected chi connectivity index (χ2v) is 11.1. The molecule has 1 rings (SSSR count). The van der Waals surface area contributed by atoms with Gasteiger partial charge in [-0.1, -0.05) is 58.6 Å². The van der Waals surface area contributed by atoms with Crippen molar-refractivity contribution in [2.75, 3.05) is 5.73 Å². The van der Waals surface area contributed by atoms with Crippen molar-refractivity contribution in [2.45, 2.75) is 87.0 Å². The molecule has 0 saturated carbocycles. The third-order valence-corrected chi connectivity index (χ3v) is 8.00. The zero-order valence-corrected chi connectivity index (χ0v) is 24.9. The number of aryl methyl sites for hydroxylation is 1. The van der Waals surface area contributed by atoms with E-state index in [1.165, 1.54) is 11.8 Å². The average Bonchev–Trinajstić information content (AvgIpc) is 2.82. The van der Waals surface area contributed by atoms with Gasteiger partial charge < -0.3 is 11.5 Å². The summed E-state index contributed by atoms with van der Waals surface area (Å²) in [6.07, 6.45) is 5.45. The molecular formula is C30H44N4O2S. The summed E-state index contributed by atoms with van der Waals surface area (Å²) >= 11 is 1.40. The molecule has 6 nitrogen and oxygen atoms in total. The van der Waals surface area contributed by atoms with E-state index in [9.17, 15) is 9.59 Å². The fourth-order valence-corrected chi connectivity index (χ4v) is 5.12. The van der Waals surface area contributed by atoms with E-state index in [4.69, 9.17) is 16.5 Å². The topological polar surface area (TPSA) is 112 Å². The van der Waals surface area contributed by atoms with Crippen LogP contribution in [-0.2, 0) is 15.0 Å². The van der Waals surface area contributed by atoms with E-state index in [1.54, 1.807) is 13.8 Å². The maximum Gasteiger partial charge on any atom is 0.161 e. The van der Waals surface area contributed by atoms with E-state index < -0.39 is 10.8 Å². The Balaban J connectivity index is 3.58. The van der Waals surface area contributed by atoms with Crippen LogP contribution < -0.4 is 11.5 Å². The molecule has 1 heterocycles. The number of hydrogen-bond acceptors (Lipinski definition) is 7. The van der Waals surface area contributed by atoms with E-state index >= 15 is 0 Å². The van der Waals surface area contributed by atoms with Gasteiger partial charge in [0.2, 0.25) is 0 Å². The minimum absolute atomic E-state index is 0.0298. The van der Waals surface area contributed by atoms with Crippen molar-refractivity contribution in [3.8, 4) is 0 Å². The zero-order chi connectivity index (χ0) is 28.7. The van der Waals surface area contributed by atoms with E-state index in [1.807, 2.05) is 59.1 Å². The average molecular weight is 525 g/mol. The SMILES string of the molecule is C=C(C(/C=C\C)=C(/C)N)c1nc(C)c([C@](C)(C(=C)S/C=C(\CC)CC(C)(C)C(C)=O)C(=O)CC)c(N)n1. The molecule has 202 valence electrons. The van der Waals surface area contributed by atoms with Crippen LogP contribution in [0.25, 0.3) is 5.57 Å². The van der Waals surface area contributed by atoms with E-state index in [0.29, 0.717) is 46.1 Å². The molecule has 0 aliphatic heterocycles. The van der Waals surface area contributed by atoms with Crippen LogP contribution >= 0.6 is 11.8 Å². The molecule has 37 heavy (non-hydrogen) atoms. The largest absolute Gasteiger partial charge is 0.402 e. The first kappa shape index (κ1) is 32.1. The summed E-state index contributed by atoms with van der Waals surface area (Å²) in [5.74, 6) is 0.682. The molecule has 0 aromatic carbocycles. The summed E-state index contributed by atoms with van der Waals surface area (Å²) in [5.41, 5.74) is 15.1. The second kappa shape index (κ2) is 13.0. The first-order valence-electron chi connectivity index (χ1n) is 12.6. The van der Waals surface area contributed by atoms with E-state index in [-0.39, 0.29) is 17.4 Å². The Morgan fingerprint density at radius 2 is 1.68 bits per heavy atom. The number of hydrogen-bond donors (Lipinski definition) is 2. The molecule has 0 spiro atoms. The summed E-state index contributed by atoms with van der Waals surface area (Å²) in [6, 6.07) is 0. The lowest BCUT2D eigenvalue weighted by Gasteiger charge is -2.32. The number of nitrogens with zero attached hydrogens (tertiary/aromatic N) is 2. The highest BCUT2D eigenvalue weighted by molar-refractivity contribution is 8.05. The van der Waals surface area contributed by atoms with Crippen molar-refractivity contribution < 1.29 is 9.59 Å². The van der Waals surface area contributed by atoms with Gasteiger partial charge in [0.05, 0.1) is 5.41 Å². The quantitative estimate of drug-likeness (QED) is 0.268. The van der Waals surface area contributed by atoms with E-state index in [2.05, 4.69) is 25.1 Å². The van der Waals surface area contributed by atoms with Gasteiger partial charge in [-0.2, -0.15) is 0 Å². The van der Waals surface area contributed by atoms with Crippen LogP contribution in [0.4, 0.5) is 5.82 Å². The van der Waals surface area contributed by atoms with Gasteiger partial charge >= 0.3 is 0 Å². The molecule has 1 aromatic heterocycles. The number of Topliss-reactive ketones (excluding diaryl/α,β-unsaturated/α-hetero) is 2. The van der Waals surface area contributed by atoms with E-state index in [0.717, 1.165) is 17.6 Å². The Hall–Kier alpha value is -2.93. The summed E-state index contributed by atoms with van der Waals surface area (Å²) in [7, 11) is 0. The first-order chi connectivity index (χ1) is 17.1. The lowest BCUT2D eigenvalue weighted by Crippen LogP contribution is -2.35. The number of anilines is 1. The van der Waals surface area contributed by atoms with Crippen molar-refractivity contribution in [3.05, 3.63) is 69.5 Å². The van der Waals surface area contributed by atoms with Crippen LogP contribution in [0.15, 0.2) is 52.5 Å². The zero-order valence-electron chi connectivity index (χ0n) is 24.0. The third-order valence-electron chi connectivity index (χ3n) is 6.85. The normalized spacial score (nSPS) is 14.8. The van der Waals surface area contributed by atoms with Crippen LogP contribution in [0, 0.1) is 12.3 Å². The Bertz CT molecular complexity index is 1150. The standard InChI is InChI=1S/C30H44N4O2S/c1-12-15-24(19(5)31)18(4)28-33-20(6)26(27(32)34-28)30(11,25(36)14-3)22(8)37-17-23(13-2)16-29(9,10)21(7)35/h12,15,17H,4,8,13-14,16,31H2,1-3,5-7,9-11H3,(H2,32,33,34)/b15-12-,23-17+,24-19-/t30-/m1/s1. The van der Waals surface area contributed by atoms with Crippen LogP contribution in [0.5, 0.6) is 0 Å². The van der Waals surface area contributed by atoms with Crippen LogP contribution in [0.2, 0.25) is 0 Å². The predicted molar refractivity (Wildman–Crippen MR) is 159 cm³/mol. The minimum atomic E-state index is -1.11. The smallest absolute Gasteiger partial charge is 0.161 e. The molecule has 0 amide bonds. The number of ketones is 2. The van der Waals surface area contributed by atoms with Crippen molar-refractivity contribution in [2.24, 2.45) is 11.1 Å². The van der Waals surface area contributed by atoms with Gasteiger partial charge in [0, 0.05) is 39.9 Å². The molecule has 4 N–H and O–H groups in total. The van der Waals surface area contributed by atoms with Gasteiger partial charge in [0.25, 0.3) is 0 Å². The van der Waals surface area contributed by atoms with Gasteiger partial charge in [0.1, 0.15) is 17.4 Å². The van der Waals surface area contributed by atoms with Gasteiger partial charge in [0.15, 0.2) is 5.82 Å². The number of thioether (sulfide) groups is 1.